The lowest BCUT2D eigenvalue weighted by Gasteiger charge is -2.32. The number of hydrogen-bond acceptors (Lipinski definition) is 4. The number of hydrogen-bond donors (Lipinski definition) is 1. The molecule has 0 saturated carbocycles. The van der Waals surface area contributed by atoms with Crippen LogP contribution in [0, 0.1) is 10.1 Å². The van der Waals surface area contributed by atoms with Gasteiger partial charge in [0.1, 0.15) is 0 Å². The van der Waals surface area contributed by atoms with Crippen molar-refractivity contribution in [2.45, 2.75) is 4.75 Å². The lowest BCUT2D eigenvalue weighted by molar-refractivity contribution is -0.384. The van der Waals surface area contributed by atoms with Crippen molar-refractivity contribution in [3.05, 3.63) is 112 Å². The molecule has 3 aromatic carbocycles. The van der Waals surface area contributed by atoms with Gasteiger partial charge in [0.25, 0.3) is 15.8 Å². The maximum Gasteiger partial charge on any atom is 0.283 e. The zero-order valence-corrected chi connectivity index (χ0v) is 14.3. The lowest BCUT2D eigenvalue weighted by atomic mass is 9.84. The van der Waals surface area contributed by atoms with Gasteiger partial charge in [-0.25, -0.2) is 0 Å². The molecule has 132 valence electrons. The smallest absolute Gasteiger partial charge is 0.283 e. The summed E-state index contributed by atoms with van der Waals surface area (Å²) in [5.74, 6) is 0. The Bertz CT molecular complexity index is 977. The summed E-state index contributed by atoms with van der Waals surface area (Å²) in [5.41, 5.74) is 0.715. The van der Waals surface area contributed by atoms with Crippen LogP contribution in [0.3, 0.4) is 0 Å². The second-order valence-corrected chi connectivity index (χ2v) is 7.25. The van der Waals surface area contributed by atoms with Crippen LogP contribution in [-0.4, -0.2) is 17.9 Å². The molecule has 7 heteroatoms. The van der Waals surface area contributed by atoms with Crippen LogP contribution in [0.5, 0.6) is 0 Å². The molecular weight excluding hydrogens is 354 g/mol. The van der Waals surface area contributed by atoms with Crippen LogP contribution in [0.4, 0.5) is 5.69 Å². The molecule has 0 saturated heterocycles. The van der Waals surface area contributed by atoms with Gasteiger partial charge in [0.2, 0.25) is 0 Å². The number of nitro benzene ring substituents is 1. The number of benzene rings is 3. The Labute approximate surface area is 150 Å². The van der Waals surface area contributed by atoms with Crippen LogP contribution in [0.1, 0.15) is 16.7 Å². The summed E-state index contributed by atoms with van der Waals surface area (Å²) in [7, 11) is -4.69. The van der Waals surface area contributed by atoms with Crippen molar-refractivity contribution in [2.75, 3.05) is 0 Å². The molecule has 0 fully saturated rings. The Hall–Kier alpha value is -3.03. The van der Waals surface area contributed by atoms with Gasteiger partial charge in [0, 0.05) is 12.1 Å². The zero-order chi connectivity index (χ0) is 18.8. The van der Waals surface area contributed by atoms with Gasteiger partial charge in [-0.1, -0.05) is 60.7 Å². The van der Waals surface area contributed by atoms with Gasteiger partial charge in [-0.3, -0.25) is 14.7 Å². The first kappa shape index (κ1) is 17.8. The van der Waals surface area contributed by atoms with Crippen LogP contribution in [0.2, 0.25) is 0 Å². The molecule has 3 aromatic rings. The maximum absolute atomic E-state index is 12.7. The van der Waals surface area contributed by atoms with E-state index in [0.29, 0.717) is 11.1 Å². The predicted molar refractivity (Wildman–Crippen MR) is 97.4 cm³/mol. The fourth-order valence-corrected chi connectivity index (χ4v) is 4.41. The number of non-ortho nitro benzene ring substituents is 1. The first-order valence-corrected chi connectivity index (χ1v) is 9.14. The second kappa shape index (κ2) is 6.70. The molecule has 0 bridgehead atoms. The van der Waals surface area contributed by atoms with Crippen LogP contribution >= 0.6 is 0 Å². The Morgan fingerprint density at radius 1 is 0.731 bits per heavy atom. The van der Waals surface area contributed by atoms with E-state index in [9.17, 15) is 23.1 Å². The van der Waals surface area contributed by atoms with Gasteiger partial charge in [-0.2, -0.15) is 8.42 Å². The summed E-state index contributed by atoms with van der Waals surface area (Å²) in [5, 5.41) is 10.9. The molecule has 0 radical (unpaired) electrons. The Morgan fingerprint density at radius 3 is 1.46 bits per heavy atom. The van der Waals surface area contributed by atoms with E-state index in [-0.39, 0.29) is 11.3 Å². The third-order valence-corrected chi connectivity index (χ3v) is 5.71. The molecule has 0 unspecified atom stereocenters. The van der Waals surface area contributed by atoms with E-state index in [4.69, 9.17) is 0 Å². The van der Waals surface area contributed by atoms with E-state index >= 15 is 0 Å². The zero-order valence-electron chi connectivity index (χ0n) is 13.5. The van der Waals surface area contributed by atoms with Gasteiger partial charge in [-0.15, -0.1) is 0 Å². The van der Waals surface area contributed by atoms with Crippen molar-refractivity contribution in [2.24, 2.45) is 0 Å². The lowest BCUT2D eigenvalue weighted by Crippen LogP contribution is -2.38. The molecule has 0 atom stereocenters. The highest BCUT2D eigenvalue weighted by Gasteiger charge is 2.48. The van der Waals surface area contributed by atoms with Gasteiger partial charge in [-0.05, 0) is 28.8 Å². The molecule has 0 aliphatic rings. The summed E-state index contributed by atoms with van der Waals surface area (Å²) in [4.78, 5) is 10.4. The SMILES string of the molecule is O=[N+]([O-])c1ccc(C(c2ccccc2)(c2ccccc2)S(=O)(=O)O)cc1. The molecule has 26 heavy (non-hydrogen) atoms. The molecule has 0 aliphatic heterocycles. The third kappa shape index (κ3) is 2.87. The van der Waals surface area contributed by atoms with Gasteiger partial charge in [0.05, 0.1) is 4.92 Å². The fraction of sp³-hybridized carbons (Fsp3) is 0.0526. The molecule has 0 amide bonds. The van der Waals surface area contributed by atoms with Gasteiger partial charge in [0.15, 0.2) is 4.75 Å². The van der Waals surface area contributed by atoms with E-state index in [1.54, 1.807) is 60.7 Å². The molecule has 0 heterocycles. The van der Waals surface area contributed by atoms with Crippen molar-refractivity contribution in [1.82, 2.24) is 0 Å². The van der Waals surface area contributed by atoms with Crippen molar-refractivity contribution in [1.29, 1.82) is 0 Å². The quantitative estimate of drug-likeness (QED) is 0.319. The average molecular weight is 369 g/mol. The minimum absolute atomic E-state index is 0.167. The Balaban J connectivity index is 2.40. The molecule has 0 spiro atoms. The van der Waals surface area contributed by atoms with E-state index in [2.05, 4.69) is 0 Å². The number of rotatable bonds is 5. The highest BCUT2D eigenvalue weighted by atomic mass is 32.2. The second-order valence-electron chi connectivity index (χ2n) is 5.69. The van der Waals surface area contributed by atoms with Crippen molar-refractivity contribution in [3.8, 4) is 0 Å². The van der Waals surface area contributed by atoms with Crippen LogP contribution in [0.25, 0.3) is 0 Å². The maximum atomic E-state index is 12.7. The van der Waals surface area contributed by atoms with E-state index < -0.39 is 19.8 Å². The highest BCUT2D eigenvalue weighted by molar-refractivity contribution is 7.87. The normalized spacial score (nSPS) is 11.9. The minimum atomic E-state index is -4.69. The Kier molecular flexibility index (Phi) is 4.58. The first-order valence-electron chi connectivity index (χ1n) is 7.70. The molecule has 3 rings (SSSR count). The summed E-state index contributed by atoms with van der Waals surface area (Å²) in [6, 6.07) is 21.7. The monoisotopic (exact) mass is 369 g/mol. The molecule has 0 aliphatic carbocycles. The van der Waals surface area contributed by atoms with Crippen LogP contribution in [0.15, 0.2) is 84.9 Å². The molecule has 1 N–H and O–H groups in total. The summed E-state index contributed by atoms with van der Waals surface area (Å²) in [6.45, 7) is 0. The molecule has 6 nitrogen and oxygen atoms in total. The van der Waals surface area contributed by atoms with Gasteiger partial charge < -0.3 is 0 Å². The fourth-order valence-electron chi connectivity index (χ4n) is 3.11. The summed E-state index contributed by atoms with van der Waals surface area (Å²) in [6.07, 6.45) is 0. The summed E-state index contributed by atoms with van der Waals surface area (Å²) >= 11 is 0. The average Bonchev–Trinajstić information content (AvgIpc) is 2.63. The number of nitro groups is 1. The van der Waals surface area contributed by atoms with E-state index in [0.717, 1.165) is 0 Å². The van der Waals surface area contributed by atoms with E-state index in [1.165, 1.54) is 24.3 Å². The highest BCUT2D eigenvalue weighted by Crippen LogP contribution is 2.43. The third-order valence-electron chi connectivity index (χ3n) is 4.23. The number of nitrogens with zero attached hydrogens (tertiary/aromatic N) is 1. The van der Waals surface area contributed by atoms with Gasteiger partial charge >= 0.3 is 0 Å². The largest absolute Gasteiger partial charge is 0.284 e. The van der Waals surface area contributed by atoms with Crippen molar-refractivity contribution < 1.29 is 17.9 Å². The predicted octanol–water partition coefficient (Wildman–Crippen LogP) is 3.77. The Morgan fingerprint density at radius 2 is 1.12 bits per heavy atom. The summed E-state index contributed by atoms with van der Waals surface area (Å²) < 4.78 is 33.8. The van der Waals surface area contributed by atoms with Crippen LogP contribution in [-0.2, 0) is 14.9 Å². The standard InChI is InChI=1S/C19H15NO5S/c21-20(22)18-13-11-17(12-14-18)19(26(23,24)25,15-7-3-1-4-8-15)16-9-5-2-6-10-16/h1-14H,(H,23,24,25). The molecular formula is C19H15NO5S. The van der Waals surface area contributed by atoms with Crippen LogP contribution < -0.4 is 0 Å². The van der Waals surface area contributed by atoms with Crippen molar-refractivity contribution >= 4 is 15.8 Å². The van der Waals surface area contributed by atoms with E-state index in [1.807, 2.05) is 0 Å². The molecule has 0 aromatic heterocycles. The topological polar surface area (TPSA) is 97.5 Å². The van der Waals surface area contributed by atoms with Crippen molar-refractivity contribution in [3.63, 3.8) is 0 Å². The minimum Gasteiger partial charge on any atom is -0.284 e. The first-order chi connectivity index (χ1) is 12.4.